The molecule has 0 atom stereocenters. The maximum atomic E-state index is 13.0. The fourth-order valence-electron chi connectivity index (χ4n) is 2.90. The zero-order chi connectivity index (χ0) is 21.0. The van der Waals surface area contributed by atoms with Gasteiger partial charge in [-0.2, -0.15) is 0 Å². The summed E-state index contributed by atoms with van der Waals surface area (Å²) in [6, 6.07) is 9.91. The Bertz CT molecular complexity index is 985. The number of urea groups is 1. The molecule has 2 aromatic carbocycles. The number of carbonyl (C=O) groups is 3. The van der Waals surface area contributed by atoms with Crippen LogP contribution in [0.4, 0.5) is 9.18 Å². The first-order chi connectivity index (χ1) is 13.9. The van der Waals surface area contributed by atoms with Crippen LogP contribution in [0.2, 0.25) is 0 Å². The largest absolute Gasteiger partial charge is 0.497 e. The molecule has 1 aliphatic rings. The van der Waals surface area contributed by atoms with Gasteiger partial charge in [-0.3, -0.25) is 19.8 Å². The first-order valence-electron chi connectivity index (χ1n) is 8.78. The molecule has 8 heteroatoms. The lowest BCUT2D eigenvalue weighted by molar-refractivity contribution is -0.130. The first kappa shape index (κ1) is 20.1. The van der Waals surface area contributed by atoms with E-state index in [4.69, 9.17) is 9.47 Å². The molecule has 0 spiro atoms. The molecule has 0 aliphatic carbocycles. The Kier molecular flexibility index (Phi) is 5.92. The summed E-state index contributed by atoms with van der Waals surface area (Å²) in [5, 5.41) is 2.17. The lowest BCUT2D eigenvalue weighted by atomic mass is 10.1. The summed E-state index contributed by atoms with van der Waals surface area (Å²) in [6.07, 6.45) is 1.68. The van der Waals surface area contributed by atoms with E-state index in [1.165, 1.54) is 32.4 Å². The number of ether oxygens (including phenoxy) is 2. The van der Waals surface area contributed by atoms with Crippen molar-refractivity contribution in [3.8, 4) is 11.5 Å². The van der Waals surface area contributed by atoms with Crippen molar-refractivity contribution in [1.29, 1.82) is 0 Å². The first-order valence-corrected chi connectivity index (χ1v) is 8.78. The highest BCUT2D eigenvalue weighted by Crippen LogP contribution is 2.27. The van der Waals surface area contributed by atoms with E-state index in [0.29, 0.717) is 23.5 Å². The molecule has 3 rings (SSSR count). The van der Waals surface area contributed by atoms with E-state index in [1.54, 1.807) is 30.3 Å². The van der Waals surface area contributed by atoms with Gasteiger partial charge in [0.2, 0.25) is 0 Å². The van der Waals surface area contributed by atoms with Crippen LogP contribution < -0.4 is 14.8 Å². The van der Waals surface area contributed by atoms with Crippen LogP contribution in [0.5, 0.6) is 11.5 Å². The van der Waals surface area contributed by atoms with Crippen LogP contribution in [-0.4, -0.2) is 43.5 Å². The standard InChI is InChI=1S/C21H19FN2O5/c1-28-16-7-8-18(29-2)14(11-16)12-17-19(25)23-21(27)24(20(17)26)10-9-13-3-5-15(22)6-4-13/h3-8,11-12H,9-10H2,1-2H3,(H,23,25,27). The molecule has 4 amide bonds. The van der Waals surface area contributed by atoms with Crippen molar-refractivity contribution >= 4 is 23.9 Å². The van der Waals surface area contributed by atoms with Crippen molar-refractivity contribution in [2.75, 3.05) is 20.8 Å². The third-order valence-corrected chi connectivity index (χ3v) is 4.46. The van der Waals surface area contributed by atoms with Gasteiger partial charge in [-0.1, -0.05) is 12.1 Å². The topological polar surface area (TPSA) is 84.9 Å². The van der Waals surface area contributed by atoms with Gasteiger partial charge in [0.1, 0.15) is 22.9 Å². The van der Waals surface area contributed by atoms with E-state index >= 15 is 0 Å². The molecule has 0 unspecified atom stereocenters. The van der Waals surface area contributed by atoms with Crippen LogP contribution in [0.25, 0.3) is 6.08 Å². The van der Waals surface area contributed by atoms with Crippen molar-refractivity contribution in [3.05, 3.63) is 65.0 Å². The Morgan fingerprint density at radius 3 is 2.41 bits per heavy atom. The third-order valence-electron chi connectivity index (χ3n) is 4.46. The van der Waals surface area contributed by atoms with Gasteiger partial charge in [0.15, 0.2) is 0 Å². The molecule has 1 N–H and O–H groups in total. The normalized spacial score (nSPS) is 15.5. The molecule has 0 radical (unpaired) electrons. The quantitative estimate of drug-likeness (QED) is 0.597. The molecule has 1 saturated heterocycles. The van der Waals surface area contributed by atoms with Crippen LogP contribution in [0.15, 0.2) is 48.0 Å². The van der Waals surface area contributed by atoms with E-state index < -0.39 is 17.8 Å². The van der Waals surface area contributed by atoms with Crippen LogP contribution in [0.3, 0.4) is 0 Å². The number of methoxy groups -OCH3 is 2. The third kappa shape index (κ3) is 4.43. The number of benzene rings is 2. The predicted octanol–water partition coefficient (Wildman–Crippen LogP) is 2.55. The summed E-state index contributed by atoms with van der Waals surface area (Å²) in [4.78, 5) is 38.2. The number of hydrogen-bond acceptors (Lipinski definition) is 5. The predicted molar refractivity (Wildman–Crippen MR) is 103 cm³/mol. The molecule has 2 aromatic rings. The Morgan fingerprint density at radius 1 is 1.03 bits per heavy atom. The molecular weight excluding hydrogens is 379 g/mol. The van der Waals surface area contributed by atoms with Crippen molar-refractivity contribution in [3.63, 3.8) is 0 Å². The van der Waals surface area contributed by atoms with E-state index in [1.807, 2.05) is 0 Å². The van der Waals surface area contributed by atoms with E-state index in [2.05, 4.69) is 5.32 Å². The smallest absolute Gasteiger partial charge is 0.331 e. The molecule has 0 saturated carbocycles. The van der Waals surface area contributed by atoms with Gasteiger partial charge in [-0.05, 0) is 48.4 Å². The van der Waals surface area contributed by atoms with Crippen molar-refractivity contribution < 1.29 is 28.2 Å². The monoisotopic (exact) mass is 398 g/mol. The van der Waals surface area contributed by atoms with Crippen LogP contribution in [0, 0.1) is 5.82 Å². The van der Waals surface area contributed by atoms with Crippen LogP contribution in [0.1, 0.15) is 11.1 Å². The second-order valence-electron chi connectivity index (χ2n) is 6.26. The minimum absolute atomic E-state index is 0.0379. The van der Waals surface area contributed by atoms with Gasteiger partial charge in [-0.25, -0.2) is 9.18 Å². The second kappa shape index (κ2) is 8.55. The molecule has 1 aliphatic heterocycles. The van der Waals surface area contributed by atoms with Gasteiger partial charge in [0.25, 0.3) is 11.8 Å². The lowest BCUT2D eigenvalue weighted by Crippen LogP contribution is -2.54. The number of barbiturate groups is 1. The number of nitrogens with one attached hydrogen (secondary N) is 1. The van der Waals surface area contributed by atoms with Gasteiger partial charge in [0.05, 0.1) is 14.2 Å². The lowest BCUT2D eigenvalue weighted by Gasteiger charge is -2.26. The number of nitrogens with zero attached hydrogens (tertiary/aromatic N) is 1. The minimum atomic E-state index is -0.795. The maximum absolute atomic E-state index is 13.0. The zero-order valence-electron chi connectivity index (χ0n) is 15.9. The summed E-state index contributed by atoms with van der Waals surface area (Å²) < 4.78 is 23.5. The molecule has 150 valence electrons. The average molecular weight is 398 g/mol. The van der Waals surface area contributed by atoms with Crippen molar-refractivity contribution in [1.82, 2.24) is 10.2 Å². The maximum Gasteiger partial charge on any atom is 0.331 e. The Hall–Kier alpha value is -3.68. The highest BCUT2D eigenvalue weighted by molar-refractivity contribution is 6.31. The summed E-state index contributed by atoms with van der Waals surface area (Å²) in [7, 11) is 2.96. The van der Waals surface area contributed by atoms with E-state index in [-0.39, 0.29) is 17.9 Å². The molecule has 29 heavy (non-hydrogen) atoms. The molecule has 0 aromatic heterocycles. The van der Waals surface area contributed by atoms with Crippen LogP contribution in [-0.2, 0) is 16.0 Å². The van der Waals surface area contributed by atoms with E-state index in [9.17, 15) is 18.8 Å². The molecular formula is C21H19FN2O5. The van der Waals surface area contributed by atoms with Gasteiger partial charge < -0.3 is 9.47 Å². The Balaban J connectivity index is 1.86. The summed E-state index contributed by atoms with van der Waals surface area (Å²) in [5.41, 5.74) is 1.01. The van der Waals surface area contributed by atoms with Crippen molar-refractivity contribution in [2.45, 2.75) is 6.42 Å². The number of carbonyl (C=O) groups excluding carboxylic acids is 3. The highest BCUT2D eigenvalue weighted by Gasteiger charge is 2.35. The summed E-state index contributed by atoms with van der Waals surface area (Å²) in [6.45, 7) is 0.0379. The number of halogens is 1. The second-order valence-corrected chi connectivity index (χ2v) is 6.26. The van der Waals surface area contributed by atoms with Crippen LogP contribution >= 0.6 is 0 Å². The molecule has 1 heterocycles. The molecule has 1 fully saturated rings. The Morgan fingerprint density at radius 2 is 1.76 bits per heavy atom. The van der Waals surface area contributed by atoms with Gasteiger partial charge in [-0.15, -0.1) is 0 Å². The fourth-order valence-corrected chi connectivity index (χ4v) is 2.90. The number of imide groups is 2. The molecule has 0 bridgehead atoms. The van der Waals surface area contributed by atoms with E-state index in [0.717, 1.165) is 10.5 Å². The SMILES string of the molecule is COc1ccc(OC)c(C=C2C(=O)NC(=O)N(CCc3ccc(F)cc3)C2=O)c1. The number of hydrogen-bond donors (Lipinski definition) is 1. The highest BCUT2D eigenvalue weighted by atomic mass is 19.1. The average Bonchev–Trinajstić information content (AvgIpc) is 2.72. The van der Waals surface area contributed by atoms with Gasteiger partial charge in [0, 0.05) is 12.1 Å². The zero-order valence-corrected chi connectivity index (χ0v) is 15.9. The van der Waals surface area contributed by atoms with Gasteiger partial charge >= 0.3 is 6.03 Å². The summed E-state index contributed by atoms with van der Waals surface area (Å²) in [5.74, 6) is -0.920. The number of rotatable bonds is 6. The fraction of sp³-hybridized carbons (Fsp3) is 0.190. The molecule has 7 nitrogen and oxygen atoms in total. The Labute approximate surface area is 166 Å². The summed E-state index contributed by atoms with van der Waals surface area (Å²) >= 11 is 0. The van der Waals surface area contributed by atoms with Crippen molar-refractivity contribution in [2.24, 2.45) is 0 Å². The number of amides is 4. The minimum Gasteiger partial charge on any atom is -0.497 e.